The normalized spacial score (nSPS) is 24.2. The third kappa shape index (κ3) is 5.35. The molecular formula is C12H25N3O3S. The standard InChI is InChI=1S/C12H25N3O3S/c1-15(8-3-7-13-11-5-6-11)19(16,17)14-10-12-4-2-9-18-12/h11-14H,2-10H2,1H3. The quantitative estimate of drug-likeness (QED) is 0.590. The first-order valence-electron chi connectivity index (χ1n) is 7.14. The first kappa shape index (κ1) is 15.2. The highest BCUT2D eigenvalue weighted by molar-refractivity contribution is 7.87. The molecule has 0 amide bonds. The molecule has 0 bridgehead atoms. The molecular weight excluding hydrogens is 266 g/mol. The van der Waals surface area contributed by atoms with Gasteiger partial charge >= 0.3 is 0 Å². The number of nitrogens with zero attached hydrogens (tertiary/aromatic N) is 1. The van der Waals surface area contributed by atoms with Gasteiger partial charge in [0.2, 0.25) is 0 Å². The molecule has 1 aliphatic heterocycles. The molecule has 19 heavy (non-hydrogen) atoms. The van der Waals surface area contributed by atoms with E-state index in [9.17, 15) is 8.42 Å². The summed E-state index contributed by atoms with van der Waals surface area (Å²) in [5.74, 6) is 0. The summed E-state index contributed by atoms with van der Waals surface area (Å²) in [5.41, 5.74) is 0. The van der Waals surface area contributed by atoms with Crippen LogP contribution in [0, 0.1) is 0 Å². The number of hydrogen-bond donors (Lipinski definition) is 2. The van der Waals surface area contributed by atoms with Crippen LogP contribution in [0.3, 0.4) is 0 Å². The van der Waals surface area contributed by atoms with E-state index < -0.39 is 10.2 Å². The second-order valence-electron chi connectivity index (χ2n) is 5.39. The zero-order chi connectivity index (χ0) is 13.7. The third-order valence-electron chi connectivity index (χ3n) is 3.59. The summed E-state index contributed by atoms with van der Waals surface area (Å²) in [5, 5.41) is 3.38. The zero-order valence-corrected chi connectivity index (χ0v) is 12.4. The van der Waals surface area contributed by atoms with Gasteiger partial charge in [-0.15, -0.1) is 0 Å². The highest BCUT2D eigenvalue weighted by Crippen LogP contribution is 2.18. The minimum atomic E-state index is -3.36. The van der Waals surface area contributed by atoms with Crippen molar-refractivity contribution in [2.45, 2.75) is 44.2 Å². The van der Waals surface area contributed by atoms with Gasteiger partial charge in [0.25, 0.3) is 10.2 Å². The Morgan fingerprint density at radius 3 is 2.74 bits per heavy atom. The van der Waals surface area contributed by atoms with Crippen molar-refractivity contribution < 1.29 is 13.2 Å². The highest BCUT2D eigenvalue weighted by Gasteiger charge is 2.22. The van der Waals surface area contributed by atoms with Gasteiger partial charge in [0, 0.05) is 32.8 Å². The van der Waals surface area contributed by atoms with Crippen LogP contribution in [0.15, 0.2) is 0 Å². The lowest BCUT2D eigenvalue weighted by molar-refractivity contribution is 0.114. The summed E-state index contributed by atoms with van der Waals surface area (Å²) in [7, 11) is -1.74. The summed E-state index contributed by atoms with van der Waals surface area (Å²) in [6.45, 7) is 2.55. The maximum absolute atomic E-state index is 12.0. The van der Waals surface area contributed by atoms with Crippen molar-refractivity contribution in [3.05, 3.63) is 0 Å². The summed E-state index contributed by atoms with van der Waals surface area (Å²) in [4.78, 5) is 0. The van der Waals surface area contributed by atoms with Gasteiger partial charge in [-0.2, -0.15) is 17.4 Å². The molecule has 0 aromatic rings. The molecule has 7 heteroatoms. The Labute approximate surface area is 116 Å². The van der Waals surface area contributed by atoms with Crippen molar-refractivity contribution in [1.82, 2.24) is 14.3 Å². The number of ether oxygens (including phenoxy) is 1. The molecule has 1 unspecified atom stereocenters. The second kappa shape index (κ2) is 6.99. The lowest BCUT2D eigenvalue weighted by Crippen LogP contribution is -2.42. The molecule has 1 heterocycles. The number of rotatable bonds is 9. The van der Waals surface area contributed by atoms with Crippen molar-refractivity contribution in [3.63, 3.8) is 0 Å². The monoisotopic (exact) mass is 291 g/mol. The molecule has 2 aliphatic rings. The lowest BCUT2D eigenvalue weighted by atomic mass is 10.2. The van der Waals surface area contributed by atoms with E-state index in [1.807, 2.05) is 0 Å². The van der Waals surface area contributed by atoms with E-state index >= 15 is 0 Å². The minimum Gasteiger partial charge on any atom is -0.377 e. The van der Waals surface area contributed by atoms with Crippen LogP contribution in [0.25, 0.3) is 0 Å². The maximum Gasteiger partial charge on any atom is 0.279 e. The molecule has 0 spiro atoms. The molecule has 2 N–H and O–H groups in total. The average Bonchev–Trinajstić information content (AvgIpc) is 3.05. The largest absolute Gasteiger partial charge is 0.377 e. The van der Waals surface area contributed by atoms with E-state index in [2.05, 4.69) is 10.0 Å². The van der Waals surface area contributed by atoms with Crippen LogP contribution in [-0.4, -0.2) is 58.2 Å². The fourth-order valence-electron chi connectivity index (χ4n) is 2.13. The molecule has 1 atom stereocenters. The van der Waals surface area contributed by atoms with E-state index in [4.69, 9.17) is 4.74 Å². The molecule has 1 aliphatic carbocycles. The minimum absolute atomic E-state index is 0.0414. The molecule has 2 fully saturated rings. The summed E-state index contributed by atoms with van der Waals surface area (Å²) >= 11 is 0. The van der Waals surface area contributed by atoms with Gasteiger partial charge in [-0.1, -0.05) is 0 Å². The third-order valence-corrected chi connectivity index (χ3v) is 5.12. The predicted molar refractivity (Wildman–Crippen MR) is 74.2 cm³/mol. The van der Waals surface area contributed by atoms with Crippen LogP contribution in [0.2, 0.25) is 0 Å². The number of nitrogens with one attached hydrogen (secondary N) is 2. The molecule has 6 nitrogen and oxygen atoms in total. The Morgan fingerprint density at radius 1 is 1.32 bits per heavy atom. The first-order valence-corrected chi connectivity index (χ1v) is 8.58. The van der Waals surface area contributed by atoms with Crippen LogP contribution in [-0.2, 0) is 14.9 Å². The predicted octanol–water partition coefficient (Wildman–Crippen LogP) is 0.0737. The molecule has 0 radical (unpaired) electrons. The van der Waals surface area contributed by atoms with E-state index in [-0.39, 0.29) is 6.10 Å². The fraction of sp³-hybridized carbons (Fsp3) is 1.00. The maximum atomic E-state index is 12.0. The Balaban J connectivity index is 1.61. The van der Waals surface area contributed by atoms with Gasteiger partial charge in [-0.25, -0.2) is 0 Å². The summed E-state index contributed by atoms with van der Waals surface area (Å²) in [6, 6.07) is 0.680. The van der Waals surface area contributed by atoms with E-state index in [0.717, 1.165) is 32.4 Å². The summed E-state index contributed by atoms with van der Waals surface area (Å²) in [6.07, 6.45) is 5.37. The lowest BCUT2D eigenvalue weighted by Gasteiger charge is -2.19. The van der Waals surface area contributed by atoms with E-state index in [0.29, 0.717) is 19.1 Å². The molecule has 1 saturated heterocycles. The van der Waals surface area contributed by atoms with Gasteiger partial charge < -0.3 is 10.1 Å². The zero-order valence-electron chi connectivity index (χ0n) is 11.6. The van der Waals surface area contributed by atoms with Crippen LogP contribution >= 0.6 is 0 Å². The fourth-order valence-corrected chi connectivity index (χ4v) is 3.12. The van der Waals surface area contributed by atoms with E-state index in [1.54, 1.807) is 7.05 Å². The van der Waals surface area contributed by atoms with Crippen LogP contribution in [0.4, 0.5) is 0 Å². The van der Waals surface area contributed by atoms with Gasteiger partial charge in [0.1, 0.15) is 0 Å². The number of hydrogen-bond acceptors (Lipinski definition) is 4. The highest BCUT2D eigenvalue weighted by atomic mass is 32.2. The van der Waals surface area contributed by atoms with Gasteiger partial charge in [0.05, 0.1) is 6.10 Å². The van der Waals surface area contributed by atoms with Gasteiger partial charge in [-0.3, -0.25) is 0 Å². The van der Waals surface area contributed by atoms with Crippen LogP contribution in [0.5, 0.6) is 0 Å². The van der Waals surface area contributed by atoms with Crippen molar-refractivity contribution in [1.29, 1.82) is 0 Å². The molecule has 2 rings (SSSR count). The van der Waals surface area contributed by atoms with Gasteiger partial charge in [0.15, 0.2) is 0 Å². The average molecular weight is 291 g/mol. The smallest absolute Gasteiger partial charge is 0.279 e. The second-order valence-corrected chi connectivity index (χ2v) is 7.25. The van der Waals surface area contributed by atoms with Crippen molar-refractivity contribution in [3.8, 4) is 0 Å². The molecule has 1 saturated carbocycles. The Morgan fingerprint density at radius 2 is 2.11 bits per heavy atom. The Kier molecular flexibility index (Phi) is 5.58. The van der Waals surface area contributed by atoms with Crippen LogP contribution in [0.1, 0.15) is 32.1 Å². The first-order chi connectivity index (χ1) is 9.08. The van der Waals surface area contributed by atoms with Crippen molar-refractivity contribution in [2.24, 2.45) is 0 Å². The SMILES string of the molecule is CN(CCCNC1CC1)S(=O)(=O)NCC1CCCO1. The Hall–Kier alpha value is -0.210. The van der Waals surface area contributed by atoms with E-state index in [1.165, 1.54) is 17.1 Å². The topological polar surface area (TPSA) is 70.7 Å². The molecule has 112 valence electrons. The van der Waals surface area contributed by atoms with Crippen molar-refractivity contribution in [2.75, 3.05) is 33.3 Å². The van der Waals surface area contributed by atoms with Crippen molar-refractivity contribution >= 4 is 10.2 Å². The summed E-state index contributed by atoms with van der Waals surface area (Å²) < 4.78 is 33.3. The molecule has 0 aromatic carbocycles. The Bertz CT molecular complexity index is 364. The molecule has 0 aromatic heterocycles. The van der Waals surface area contributed by atoms with Crippen LogP contribution < -0.4 is 10.0 Å². The van der Waals surface area contributed by atoms with Gasteiger partial charge in [-0.05, 0) is 38.6 Å².